The number of hydrogen-bond donors (Lipinski definition) is 7. The lowest BCUT2D eigenvalue weighted by Gasteiger charge is -2.25. The molecular weight excluding hydrogens is 925 g/mol. The number of benzene rings is 2. The van der Waals surface area contributed by atoms with Crippen molar-refractivity contribution in [3.8, 4) is 16.9 Å². The van der Waals surface area contributed by atoms with Gasteiger partial charge >= 0.3 is 18.1 Å². The van der Waals surface area contributed by atoms with Gasteiger partial charge in [-0.25, -0.2) is 18.0 Å². The predicted molar refractivity (Wildman–Crippen MR) is 235 cm³/mol. The number of ether oxygens (including phenoxy) is 4. The molecule has 2 saturated carbocycles. The highest BCUT2D eigenvalue weighted by molar-refractivity contribution is 7.89. The summed E-state index contributed by atoms with van der Waals surface area (Å²) in [6.45, 7) is 2.29. The van der Waals surface area contributed by atoms with Crippen molar-refractivity contribution < 1.29 is 84.3 Å². The van der Waals surface area contributed by atoms with Crippen molar-refractivity contribution in [1.82, 2.24) is 19.8 Å². The number of aliphatic hydroxyl groups is 5. The van der Waals surface area contributed by atoms with Crippen LogP contribution < -0.4 is 32.3 Å². The Morgan fingerprint density at radius 3 is 2.33 bits per heavy atom. The van der Waals surface area contributed by atoms with Gasteiger partial charge in [0.25, 0.3) is 6.73 Å². The molecule has 4 unspecified atom stereocenters. The number of nitrogens with zero attached hydrogens (tertiary/aromatic N) is 3. The predicted octanol–water partition coefficient (Wildman–Crippen LogP) is -0.839. The van der Waals surface area contributed by atoms with Gasteiger partial charge in [-0.3, -0.25) is 4.79 Å². The molecule has 3 aromatic rings. The van der Waals surface area contributed by atoms with E-state index in [4.69, 9.17) is 35.7 Å². The molecular formula is C44H61Cl2N5O14S. The average molecular weight is 987 g/mol. The Labute approximate surface area is 396 Å². The number of aromatic nitrogens is 1. The molecule has 5 rings (SSSR count). The van der Waals surface area contributed by atoms with Crippen LogP contribution in [0.25, 0.3) is 11.1 Å². The lowest BCUT2D eigenvalue weighted by Crippen LogP contribution is -3.00. The van der Waals surface area contributed by atoms with Crippen LogP contribution in [0.2, 0.25) is 5.02 Å². The molecule has 0 radical (unpaired) electrons. The number of unbranched alkanes of at least 4 members (excludes halogenated alkanes) is 1. The Morgan fingerprint density at radius 2 is 1.67 bits per heavy atom. The highest BCUT2D eigenvalue weighted by Gasteiger charge is 2.49. The van der Waals surface area contributed by atoms with Crippen molar-refractivity contribution in [2.75, 3.05) is 53.0 Å². The molecule has 2 fully saturated rings. The van der Waals surface area contributed by atoms with Gasteiger partial charge in [-0.15, -0.1) is 0 Å². The summed E-state index contributed by atoms with van der Waals surface area (Å²) in [6, 6.07) is 13.5. The van der Waals surface area contributed by atoms with E-state index in [1.807, 2.05) is 36.5 Å². The Morgan fingerprint density at radius 1 is 0.955 bits per heavy atom. The SMILES string of the molecule is CCN(CCCCNC(=O)NCC(O)C(O)C(O)C(O)CO)S(=O)(=O)c1ccc(Cl)c(COC2(c3c[n+](COC(=O)N(C)CCOC(C)=O)ccc3-c3ccccc3OC3CC3)CC2)c1.[Cl-]. The van der Waals surface area contributed by atoms with Gasteiger partial charge < -0.3 is 72.4 Å². The maximum atomic E-state index is 13.9. The average Bonchev–Trinajstić information content (AvgIpc) is 4.25. The monoisotopic (exact) mass is 985 g/mol. The highest BCUT2D eigenvalue weighted by atomic mass is 35.5. The minimum atomic E-state index is -3.98. The maximum Gasteiger partial charge on any atom is 0.414 e. The minimum Gasteiger partial charge on any atom is -1.00 e. The molecule has 22 heteroatoms. The summed E-state index contributed by atoms with van der Waals surface area (Å²) in [7, 11) is -2.44. The number of aliphatic hydroxyl groups excluding tert-OH is 5. The number of carbonyl (C=O) groups excluding carboxylic acids is 3. The molecule has 2 aliphatic rings. The lowest BCUT2D eigenvalue weighted by atomic mass is 9.96. The number of esters is 1. The second-order valence-electron chi connectivity index (χ2n) is 16.1. The number of para-hydroxylation sites is 1. The van der Waals surface area contributed by atoms with Crippen LogP contribution in [-0.2, 0) is 48.0 Å². The minimum absolute atomic E-state index is 0. The molecule has 0 bridgehead atoms. The van der Waals surface area contributed by atoms with E-state index in [9.17, 15) is 43.2 Å². The molecule has 1 aromatic heterocycles. The Kier molecular flexibility index (Phi) is 20.7. The number of likely N-dealkylation sites (N-methyl/N-ethyl adjacent to an activating group) is 1. The summed E-state index contributed by atoms with van der Waals surface area (Å²) in [4.78, 5) is 37.5. The third-order valence-corrected chi connectivity index (χ3v) is 13.4. The molecule has 19 nitrogen and oxygen atoms in total. The summed E-state index contributed by atoms with van der Waals surface area (Å²) in [5, 5.41) is 53.3. The van der Waals surface area contributed by atoms with E-state index in [1.165, 1.54) is 34.3 Å². The normalized spacial score (nSPS) is 16.0. The second-order valence-corrected chi connectivity index (χ2v) is 18.4. The van der Waals surface area contributed by atoms with Gasteiger partial charge in [0, 0.05) is 62.4 Å². The number of urea groups is 1. The quantitative estimate of drug-likeness (QED) is 0.0294. The van der Waals surface area contributed by atoms with Crippen molar-refractivity contribution in [2.45, 2.75) is 107 Å². The fourth-order valence-corrected chi connectivity index (χ4v) is 8.54. The largest absolute Gasteiger partial charge is 1.00 e. The van der Waals surface area contributed by atoms with E-state index in [-0.39, 0.29) is 69.5 Å². The Bertz CT molecular complexity index is 2200. The fraction of sp³-hybridized carbons (Fsp3) is 0.545. The summed E-state index contributed by atoms with van der Waals surface area (Å²) in [5.74, 6) is 0.288. The maximum absolute atomic E-state index is 13.9. The molecule has 0 aliphatic heterocycles. The van der Waals surface area contributed by atoms with Gasteiger partial charge in [-0.05, 0) is 68.4 Å². The molecule has 4 atom stereocenters. The number of pyridine rings is 1. The highest BCUT2D eigenvalue weighted by Crippen LogP contribution is 2.53. The molecule has 0 saturated heterocycles. The standard InChI is InChI=1S/C44H60ClN5O14S.ClH/c1-4-50(19-8-7-18-46-42(57)47-24-37(53)40(55)41(56)38(54)26-51)65(59,60)32-13-14-36(45)30(23-32)27-63-44(16-17-44)35-25-49(28-62-43(58)48(3)21-22-61-29(2)52)20-15-33(35)34-9-5-6-10-39(34)64-31-11-12-31;/h5-6,9-10,13-15,20,23,25,31,37-38,40-41,51,53-56H,4,7-8,11-12,16-19,21-22,24,26-28H2,1-3H3,(H-,46,47,57);1H. The number of amides is 3. The Balaban J connectivity index is 0.00000952. The zero-order chi connectivity index (χ0) is 47.3. The lowest BCUT2D eigenvalue weighted by molar-refractivity contribution is -0.728. The van der Waals surface area contributed by atoms with E-state index < -0.39 is 71.3 Å². The van der Waals surface area contributed by atoms with E-state index in [2.05, 4.69) is 10.6 Å². The number of halogens is 2. The van der Waals surface area contributed by atoms with Crippen LogP contribution in [0.3, 0.4) is 0 Å². The van der Waals surface area contributed by atoms with Crippen LogP contribution in [0, 0.1) is 0 Å². The van der Waals surface area contributed by atoms with Crippen molar-refractivity contribution in [3.63, 3.8) is 0 Å². The zero-order valence-corrected chi connectivity index (χ0v) is 39.5. The number of hydrogen-bond acceptors (Lipinski definition) is 14. The van der Waals surface area contributed by atoms with Gasteiger partial charge in [0.2, 0.25) is 10.0 Å². The van der Waals surface area contributed by atoms with Crippen LogP contribution in [0.1, 0.15) is 63.5 Å². The van der Waals surface area contributed by atoms with E-state index in [0.717, 1.165) is 35.3 Å². The molecule has 1 heterocycles. The first-order valence-electron chi connectivity index (χ1n) is 21.6. The number of nitrogens with one attached hydrogen (secondary N) is 2. The smallest absolute Gasteiger partial charge is 0.414 e. The van der Waals surface area contributed by atoms with Crippen LogP contribution in [0.4, 0.5) is 9.59 Å². The topological polar surface area (TPSA) is 258 Å². The molecule has 66 heavy (non-hydrogen) atoms. The van der Waals surface area contributed by atoms with Crippen molar-refractivity contribution >= 4 is 39.7 Å². The van der Waals surface area contributed by atoms with Gasteiger partial charge in [-0.2, -0.15) is 8.87 Å². The van der Waals surface area contributed by atoms with Crippen molar-refractivity contribution in [1.29, 1.82) is 0 Å². The third-order valence-electron chi connectivity index (χ3n) is 11.0. The third kappa shape index (κ3) is 15.1. The summed E-state index contributed by atoms with van der Waals surface area (Å²) in [6.07, 6.45) is 0.350. The fourth-order valence-electron chi connectivity index (χ4n) is 6.83. The number of sulfonamides is 1. The Hall–Kier alpha value is -4.35. The molecule has 0 spiro atoms. The first-order valence-corrected chi connectivity index (χ1v) is 23.4. The van der Waals surface area contributed by atoms with Gasteiger partial charge in [0.1, 0.15) is 36.3 Å². The van der Waals surface area contributed by atoms with Crippen molar-refractivity contribution in [3.05, 3.63) is 77.1 Å². The molecule has 366 valence electrons. The van der Waals surface area contributed by atoms with Gasteiger partial charge in [0.05, 0.1) is 42.4 Å². The summed E-state index contributed by atoms with van der Waals surface area (Å²) < 4.78 is 54.4. The van der Waals surface area contributed by atoms with Crippen molar-refractivity contribution in [2.24, 2.45) is 0 Å². The molecule has 2 aliphatic carbocycles. The summed E-state index contributed by atoms with van der Waals surface area (Å²) >= 11 is 6.68. The number of carbonyl (C=O) groups is 3. The zero-order valence-electron chi connectivity index (χ0n) is 37.2. The van der Waals surface area contributed by atoms with Crippen LogP contribution in [-0.4, -0.2) is 145 Å². The van der Waals surface area contributed by atoms with Crippen LogP contribution in [0.5, 0.6) is 5.75 Å². The molecule has 3 amide bonds. The van der Waals surface area contributed by atoms with Crippen LogP contribution in [0.15, 0.2) is 65.8 Å². The van der Waals surface area contributed by atoms with E-state index in [1.54, 1.807) is 24.7 Å². The number of rotatable bonds is 26. The van der Waals surface area contributed by atoms with E-state index in [0.29, 0.717) is 36.3 Å². The van der Waals surface area contributed by atoms with Gasteiger partial charge in [-0.1, -0.05) is 36.7 Å². The molecule has 2 aromatic carbocycles. The molecule has 7 N–H and O–H groups in total. The first kappa shape index (κ1) is 54.3. The van der Waals surface area contributed by atoms with E-state index >= 15 is 0 Å². The second kappa shape index (κ2) is 25.1. The van der Waals surface area contributed by atoms with Crippen LogP contribution >= 0.6 is 11.6 Å². The summed E-state index contributed by atoms with van der Waals surface area (Å²) in [5.41, 5.74) is 2.23. The van der Waals surface area contributed by atoms with Gasteiger partial charge in [0.15, 0.2) is 12.4 Å². The first-order chi connectivity index (χ1) is 31.0.